The molecule has 0 saturated carbocycles. The molecule has 0 aliphatic carbocycles. The maximum atomic E-state index is 12.5. The Hall–Kier alpha value is -0.696. The molecule has 0 aromatic carbocycles. The zero-order chi connectivity index (χ0) is 25.8. The molecule has 4 nitrogen and oxygen atoms in total. The lowest BCUT2D eigenvalue weighted by Gasteiger charge is -2.42. The van der Waals surface area contributed by atoms with Crippen LogP contribution in [0.4, 0.5) is 0 Å². The first-order valence-electron chi connectivity index (χ1n) is 12.9. The van der Waals surface area contributed by atoms with Crippen LogP contribution in [0, 0.1) is 11.8 Å². The normalized spacial score (nSPS) is 15.9. The van der Waals surface area contributed by atoms with E-state index in [9.17, 15) is 4.79 Å². The van der Waals surface area contributed by atoms with E-state index in [2.05, 4.69) is 93.0 Å². The molecular weight excluding hydrogens is 442 g/mol. The van der Waals surface area contributed by atoms with Gasteiger partial charge in [-0.1, -0.05) is 37.1 Å². The number of rotatable bonds is 17. The third kappa shape index (κ3) is 17.4. The standard InChI is InChI=1S/C27H55NO3Si2/c1-22(2)15-13-17-24(5)19-26(30-32(7,8)9)28(21-29)27(31-33(10,11)12)20-25(6)18-14-16-23(3)4/h15-16,21,24-27H,13-14,17-20H2,1-12H3. The van der Waals surface area contributed by atoms with Crippen molar-refractivity contribution in [3.63, 3.8) is 0 Å². The van der Waals surface area contributed by atoms with Gasteiger partial charge in [0.2, 0.25) is 6.41 Å². The van der Waals surface area contributed by atoms with E-state index in [0.717, 1.165) is 44.9 Å². The number of allylic oxidation sites excluding steroid dienone is 4. The summed E-state index contributed by atoms with van der Waals surface area (Å²) in [6.07, 6.45) is 11.1. The summed E-state index contributed by atoms with van der Waals surface area (Å²) >= 11 is 0. The van der Waals surface area contributed by atoms with Gasteiger partial charge in [0, 0.05) is 0 Å². The Balaban J connectivity index is 5.68. The van der Waals surface area contributed by atoms with Crippen LogP contribution in [0.25, 0.3) is 0 Å². The van der Waals surface area contributed by atoms with Gasteiger partial charge in [0.05, 0.1) is 0 Å². The van der Waals surface area contributed by atoms with Gasteiger partial charge in [-0.3, -0.25) is 9.69 Å². The molecule has 0 aliphatic rings. The summed E-state index contributed by atoms with van der Waals surface area (Å²) in [7, 11) is -3.72. The second-order valence-electron chi connectivity index (χ2n) is 12.3. The molecular formula is C27H55NO3Si2. The van der Waals surface area contributed by atoms with E-state index >= 15 is 0 Å². The molecule has 0 bridgehead atoms. The molecule has 0 heterocycles. The van der Waals surface area contributed by atoms with Crippen molar-refractivity contribution < 1.29 is 13.6 Å². The van der Waals surface area contributed by atoms with Crippen LogP contribution in [0.15, 0.2) is 23.3 Å². The fraction of sp³-hybridized carbons (Fsp3) is 0.815. The van der Waals surface area contributed by atoms with Crippen LogP contribution in [0.5, 0.6) is 0 Å². The summed E-state index contributed by atoms with van der Waals surface area (Å²) in [6.45, 7) is 26.3. The van der Waals surface area contributed by atoms with Gasteiger partial charge in [0.25, 0.3) is 0 Å². The molecule has 4 unspecified atom stereocenters. The van der Waals surface area contributed by atoms with Crippen molar-refractivity contribution in [1.29, 1.82) is 0 Å². The maximum Gasteiger partial charge on any atom is 0.213 e. The Kier molecular flexibility index (Phi) is 15.0. The van der Waals surface area contributed by atoms with Crippen LogP contribution < -0.4 is 0 Å². The quantitative estimate of drug-likeness (QED) is 0.0877. The van der Waals surface area contributed by atoms with Gasteiger partial charge in [-0.15, -0.1) is 0 Å². The minimum absolute atomic E-state index is 0.234. The molecule has 194 valence electrons. The third-order valence-electron chi connectivity index (χ3n) is 5.40. The number of hydrogen-bond acceptors (Lipinski definition) is 3. The summed E-state index contributed by atoms with van der Waals surface area (Å²) in [5, 5.41) is 0. The monoisotopic (exact) mass is 497 g/mol. The van der Waals surface area contributed by atoms with Crippen molar-refractivity contribution in [3.8, 4) is 0 Å². The Labute approximate surface area is 208 Å². The largest absolute Gasteiger partial charge is 0.398 e. The summed E-state index contributed by atoms with van der Waals surface area (Å²) in [6, 6.07) is 0. The SMILES string of the molecule is CC(C)=CCCC(C)CC(O[Si](C)(C)C)N(C=O)C(CC(C)CCC=C(C)C)O[Si](C)(C)C. The zero-order valence-corrected chi connectivity index (χ0v) is 26.0. The lowest BCUT2D eigenvalue weighted by Crippen LogP contribution is -2.52. The minimum Gasteiger partial charge on any atom is -0.398 e. The van der Waals surface area contributed by atoms with Crippen LogP contribution in [0.2, 0.25) is 39.3 Å². The zero-order valence-electron chi connectivity index (χ0n) is 24.0. The lowest BCUT2D eigenvalue weighted by atomic mass is 9.98. The molecule has 33 heavy (non-hydrogen) atoms. The molecule has 6 heteroatoms. The molecule has 0 N–H and O–H groups in total. The topological polar surface area (TPSA) is 38.8 Å². The number of hydrogen-bond donors (Lipinski definition) is 0. The number of nitrogens with zero attached hydrogens (tertiary/aromatic N) is 1. The summed E-state index contributed by atoms with van der Waals surface area (Å²) in [4.78, 5) is 14.4. The Bertz CT molecular complexity index is 562. The molecule has 0 spiro atoms. The number of carbonyl (C=O) groups is 1. The molecule has 0 aliphatic heterocycles. The first-order valence-corrected chi connectivity index (χ1v) is 19.7. The summed E-state index contributed by atoms with van der Waals surface area (Å²) in [5.41, 5.74) is 2.72. The fourth-order valence-corrected chi connectivity index (χ4v) is 5.90. The molecule has 0 rings (SSSR count). The van der Waals surface area contributed by atoms with Gasteiger partial charge < -0.3 is 8.85 Å². The van der Waals surface area contributed by atoms with Gasteiger partial charge in [-0.2, -0.15) is 0 Å². The van der Waals surface area contributed by atoms with Crippen molar-refractivity contribution >= 4 is 23.0 Å². The minimum atomic E-state index is -1.86. The number of amides is 1. The first kappa shape index (κ1) is 32.3. The van der Waals surface area contributed by atoms with Crippen LogP contribution in [0.1, 0.15) is 80.1 Å². The predicted molar refractivity (Wildman–Crippen MR) is 149 cm³/mol. The van der Waals surface area contributed by atoms with Crippen molar-refractivity contribution in [2.75, 3.05) is 0 Å². The Morgan fingerprint density at radius 2 is 1.06 bits per heavy atom. The second kappa shape index (κ2) is 15.3. The Morgan fingerprint density at radius 1 is 0.727 bits per heavy atom. The van der Waals surface area contributed by atoms with E-state index in [4.69, 9.17) is 8.85 Å². The van der Waals surface area contributed by atoms with E-state index in [0.29, 0.717) is 11.8 Å². The Morgan fingerprint density at radius 3 is 1.30 bits per heavy atom. The molecule has 0 radical (unpaired) electrons. The maximum absolute atomic E-state index is 12.5. The molecule has 0 aromatic heterocycles. The van der Waals surface area contributed by atoms with Crippen LogP contribution >= 0.6 is 0 Å². The van der Waals surface area contributed by atoms with Gasteiger partial charge in [-0.05, 0) is 117 Å². The number of carbonyl (C=O) groups excluding carboxylic acids is 1. The highest BCUT2D eigenvalue weighted by molar-refractivity contribution is 6.70. The second-order valence-corrected chi connectivity index (χ2v) is 21.2. The van der Waals surface area contributed by atoms with E-state index in [1.807, 2.05) is 4.90 Å². The fourth-order valence-electron chi connectivity index (χ4n) is 3.84. The van der Waals surface area contributed by atoms with E-state index in [-0.39, 0.29) is 12.5 Å². The average Bonchev–Trinajstić information content (AvgIpc) is 2.58. The molecule has 1 amide bonds. The van der Waals surface area contributed by atoms with Crippen molar-refractivity contribution in [2.24, 2.45) is 11.8 Å². The van der Waals surface area contributed by atoms with Crippen molar-refractivity contribution in [1.82, 2.24) is 4.90 Å². The van der Waals surface area contributed by atoms with Crippen LogP contribution in [0.3, 0.4) is 0 Å². The lowest BCUT2D eigenvalue weighted by molar-refractivity contribution is -0.145. The molecule has 0 saturated heterocycles. The first-order chi connectivity index (χ1) is 15.0. The smallest absolute Gasteiger partial charge is 0.213 e. The summed E-state index contributed by atoms with van der Waals surface area (Å²) in [5.74, 6) is 0.930. The van der Waals surface area contributed by atoms with Crippen LogP contribution in [-0.4, -0.2) is 40.4 Å². The third-order valence-corrected chi connectivity index (χ3v) is 7.36. The highest BCUT2D eigenvalue weighted by Crippen LogP contribution is 2.27. The van der Waals surface area contributed by atoms with Crippen molar-refractivity contribution in [3.05, 3.63) is 23.3 Å². The van der Waals surface area contributed by atoms with Gasteiger partial charge in [0.15, 0.2) is 16.6 Å². The highest BCUT2D eigenvalue weighted by atomic mass is 28.4. The van der Waals surface area contributed by atoms with Crippen molar-refractivity contribution in [2.45, 2.75) is 132 Å². The average molecular weight is 498 g/mol. The van der Waals surface area contributed by atoms with E-state index in [1.54, 1.807) is 0 Å². The summed E-state index contributed by atoms with van der Waals surface area (Å²) < 4.78 is 13.2. The molecule has 0 fully saturated rings. The van der Waals surface area contributed by atoms with Gasteiger partial charge >= 0.3 is 0 Å². The van der Waals surface area contributed by atoms with E-state index in [1.165, 1.54) is 11.1 Å². The van der Waals surface area contributed by atoms with E-state index < -0.39 is 16.6 Å². The van der Waals surface area contributed by atoms with Gasteiger partial charge in [0.1, 0.15) is 12.5 Å². The molecule has 4 atom stereocenters. The molecule has 0 aromatic rings. The predicted octanol–water partition coefficient (Wildman–Crippen LogP) is 8.35. The highest BCUT2D eigenvalue weighted by Gasteiger charge is 2.34. The van der Waals surface area contributed by atoms with Gasteiger partial charge in [-0.25, -0.2) is 0 Å². The van der Waals surface area contributed by atoms with Crippen LogP contribution in [-0.2, 0) is 13.6 Å².